The molecule has 1 N–H and O–H groups in total. The fourth-order valence-electron chi connectivity index (χ4n) is 3.22. The summed E-state index contributed by atoms with van der Waals surface area (Å²) in [6, 6.07) is 13.6. The Morgan fingerprint density at radius 2 is 2.08 bits per heavy atom. The Balaban J connectivity index is 1.87. The minimum atomic E-state index is -0.925. The molecule has 4 nitrogen and oxygen atoms in total. The van der Waals surface area contributed by atoms with Crippen molar-refractivity contribution in [1.29, 1.82) is 0 Å². The number of rotatable bonds is 4. The molecule has 0 unspecified atom stereocenters. The van der Waals surface area contributed by atoms with Gasteiger partial charge < -0.3 is 9.67 Å². The van der Waals surface area contributed by atoms with Gasteiger partial charge in [0.15, 0.2) is 0 Å². The van der Waals surface area contributed by atoms with Gasteiger partial charge in [0, 0.05) is 34.6 Å². The summed E-state index contributed by atoms with van der Waals surface area (Å²) in [4.78, 5) is 15.9. The van der Waals surface area contributed by atoms with E-state index in [0.717, 1.165) is 16.8 Å². The van der Waals surface area contributed by atoms with Gasteiger partial charge in [-0.15, -0.1) is 11.3 Å². The zero-order valence-corrected chi connectivity index (χ0v) is 14.5. The van der Waals surface area contributed by atoms with Gasteiger partial charge >= 0.3 is 5.97 Å². The van der Waals surface area contributed by atoms with E-state index in [-0.39, 0.29) is 5.69 Å². The first kappa shape index (κ1) is 15.6. The standard InChI is InChI=1S/C20H16N2O2S/c1-13-4-2-6-18-19(13)15(12-25-18)11-22-16(7-8-17(22)20(23)24)14-5-3-9-21-10-14/h2-10,12H,11H2,1H3,(H,23,24). The van der Waals surface area contributed by atoms with E-state index in [2.05, 4.69) is 35.5 Å². The second kappa shape index (κ2) is 6.18. The van der Waals surface area contributed by atoms with Crippen molar-refractivity contribution >= 4 is 27.4 Å². The van der Waals surface area contributed by atoms with E-state index in [9.17, 15) is 9.90 Å². The minimum absolute atomic E-state index is 0.284. The van der Waals surface area contributed by atoms with Crippen LogP contribution in [-0.4, -0.2) is 20.6 Å². The molecule has 0 spiro atoms. The van der Waals surface area contributed by atoms with Crippen molar-refractivity contribution in [3.8, 4) is 11.3 Å². The lowest BCUT2D eigenvalue weighted by atomic mass is 10.1. The summed E-state index contributed by atoms with van der Waals surface area (Å²) in [7, 11) is 0. The lowest BCUT2D eigenvalue weighted by molar-refractivity contribution is 0.0686. The molecule has 25 heavy (non-hydrogen) atoms. The maximum absolute atomic E-state index is 11.7. The van der Waals surface area contributed by atoms with Crippen molar-refractivity contribution in [1.82, 2.24) is 9.55 Å². The van der Waals surface area contributed by atoms with Gasteiger partial charge in [-0.3, -0.25) is 4.98 Å². The molecule has 1 aromatic carbocycles. The van der Waals surface area contributed by atoms with Crippen molar-refractivity contribution in [2.75, 3.05) is 0 Å². The minimum Gasteiger partial charge on any atom is -0.477 e. The van der Waals surface area contributed by atoms with Crippen LogP contribution in [-0.2, 0) is 6.54 Å². The third-order valence-corrected chi connectivity index (χ3v) is 5.37. The molecule has 0 fully saturated rings. The van der Waals surface area contributed by atoms with Crippen molar-refractivity contribution < 1.29 is 9.90 Å². The van der Waals surface area contributed by atoms with E-state index in [0.29, 0.717) is 6.54 Å². The van der Waals surface area contributed by atoms with E-state index in [1.807, 2.05) is 22.8 Å². The number of aryl methyl sites for hydroxylation is 1. The maximum Gasteiger partial charge on any atom is 0.352 e. The summed E-state index contributed by atoms with van der Waals surface area (Å²) < 4.78 is 3.08. The quantitative estimate of drug-likeness (QED) is 0.575. The Morgan fingerprint density at radius 1 is 1.20 bits per heavy atom. The van der Waals surface area contributed by atoms with E-state index in [1.54, 1.807) is 29.8 Å². The molecule has 0 aliphatic carbocycles. The van der Waals surface area contributed by atoms with Gasteiger partial charge in [0.2, 0.25) is 0 Å². The molecule has 124 valence electrons. The summed E-state index contributed by atoms with van der Waals surface area (Å²) >= 11 is 1.69. The van der Waals surface area contributed by atoms with Crippen LogP contribution in [0.2, 0.25) is 0 Å². The van der Waals surface area contributed by atoms with Crippen LogP contribution in [0, 0.1) is 6.92 Å². The number of hydrogen-bond acceptors (Lipinski definition) is 3. The van der Waals surface area contributed by atoms with E-state index in [1.165, 1.54) is 15.6 Å². The molecule has 4 rings (SSSR count). The van der Waals surface area contributed by atoms with E-state index >= 15 is 0 Å². The Labute approximate surface area is 149 Å². The highest BCUT2D eigenvalue weighted by molar-refractivity contribution is 7.17. The molecule has 3 aromatic heterocycles. The molecule has 0 amide bonds. The molecule has 0 radical (unpaired) electrons. The molecule has 0 saturated heterocycles. The molecule has 0 atom stereocenters. The first-order valence-electron chi connectivity index (χ1n) is 7.94. The molecule has 0 saturated carbocycles. The predicted molar refractivity (Wildman–Crippen MR) is 100 cm³/mol. The number of thiophene rings is 1. The smallest absolute Gasteiger partial charge is 0.352 e. The van der Waals surface area contributed by atoms with Crippen molar-refractivity contribution in [3.63, 3.8) is 0 Å². The number of carboxylic acid groups (broad SMARTS) is 1. The molecule has 0 aliphatic rings. The average molecular weight is 348 g/mol. The Bertz CT molecular complexity index is 1060. The number of nitrogens with zero attached hydrogens (tertiary/aromatic N) is 2. The lowest BCUT2D eigenvalue weighted by Crippen LogP contribution is -2.10. The van der Waals surface area contributed by atoms with Gasteiger partial charge in [0.05, 0.1) is 5.69 Å². The molecule has 5 heteroatoms. The Morgan fingerprint density at radius 3 is 2.84 bits per heavy atom. The van der Waals surface area contributed by atoms with Crippen molar-refractivity contribution in [2.45, 2.75) is 13.5 Å². The monoisotopic (exact) mass is 348 g/mol. The molecule has 0 bridgehead atoms. The molecule has 0 aliphatic heterocycles. The Hall–Kier alpha value is -2.92. The largest absolute Gasteiger partial charge is 0.477 e. The summed E-state index contributed by atoms with van der Waals surface area (Å²) in [6.45, 7) is 2.61. The van der Waals surface area contributed by atoms with Crippen molar-refractivity contribution in [3.05, 3.63) is 77.1 Å². The lowest BCUT2D eigenvalue weighted by Gasteiger charge is -2.12. The summed E-state index contributed by atoms with van der Waals surface area (Å²) in [6.07, 6.45) is 3.47. The van der Waals surface area contributed by atoms with Gasteiger partial charge in [-0.25, -0.2) is 4.79 Å². The highest BCUT2D eigenvalue weighted by Gasteiger charge is 2.17. The SMILES string of the molecule is Cc1cccc2scc(Cn3c(C(=O)O)ccc3-c3cccnc3)c12. The third-order valence-electron chi connectivity index (χ3n) is 4.37. The number of carboxylic acids is 1. The van der Waals surface area contributed by atoms with Crippen LogP contribution in [0.5, 0.6) is 0 Å². The van der Waals surface area contributed by atoms with Crippen LogP contribution in [0.3, 0.4) is 0 Å². The van der Waals surface area contributed by atoms with Crippen LogP contribution >= 0.6 is 11.3 Å². The van der Waals surface area contributed by atoms with Gasteiger partial charge in [-0.2, -0.15) is 0 Å². The van der Waals surface area contributed by atoms with Crippen molar-refractivity contribution in [2.24, 2.45) is 0 Å². The van der Waals surface area contributed by atoms with Crippen LogP contribution < -0.4 is 0 Å². The number of benzene rings is 1. The average Bonchev–Trinajstić information content (AvgIpc) is 3.21. The predicted octanol–water partition coefficient (Wildman–Crippen LogP) is 4.82. The second-order valence-corrected chi connectivity index (χ2v) is 6.86. The molecular weight excluding hydrogens is 332 g/mol. The zero-order valence-electron chi connectivity index (χ0n) is 13.6. The first-order valence-corrected chi connectivity index (χ1v) is 8.82. The van der Waals surface area contributed by atoms with Gasteiger partial charge in [0.1, 0.15) is 5.69 Å². The van der Waals surface area contributed by atoms with Crippen LogP contribution in [0.4, 0.5) is 0 Å². The summed E-state index contributed by atoms with van der Waals surface area (Å²) in [5.74, 6) is -0.925. The van der Waals surface area contributed by atoms with E-state index < -0.39 is 5.97 Å². The Kier molecular flexibility index (Phi) is 3.86. The molecule has 3 heterocycles. The topological polar surface area (TPSA) is 55.1 Å². The van der Waals surface area contributed by atoms with Gasteiger partial charge in [-0.1, -0.05) is 12.1 Å². The van der Waals surface area contributed by atoms with Crippen LogP contribution in [0.25, 0.3) is 21.3 Å². The summed E-state index contributed by atoms with van der Waals surface area (Å²) in [5, 5.41) is 12.9. The number of hydrogen-bond donors (Lipinski definition) is 1. The van der Waals surface area contributed by atoms with Gasteiger partial charge in [0.25, 0.3) is 0 Å². The number of fused-ring (bicyclic) bond motifs is 1. The normalized spacial score (nSPS) is 11.1. The fraction of sp³-hybridized carbons (Fsp3) is 0.100. The maximum atomic E-state index is 11.7. The number of aromatic carboxylic acids is 1. The highest BCUT2D eigenvalue weighted by atomic mass is 32.1. The zero-order chi connectivity index (χ0) is 17.4. The van der Waals surface area contributed by atoms with Crippen LogP contribution in [0.1, 0.15) is 21.6 Å². The fourth-order valence-corrected chi connectivity index (χ4v) is 4.25. The number of pyridine rings is 1. The first-order chi connectivity index (χ1) is 12.1. The third kappa shape index (κ3) is 2.72. The second-order valence-electron chi connectivity index (χ2n) is 5.95. The highest BCUT2D eigenvalue weighted by Crippen LogP contribution is 2.31. The van der Waals surface area contributed by atoms with Crippen LogP contribution in [0.15, 0.2) is 60.2 Å². The van der Waals surface area contributed by atoms with E-state index in [4.69, 9.17) is 0 Å². The number of aromatic nitrogens is 2. The van der Waals surface area contributed by atoms with Gasteiger partial charge in [-0.05, 0) is 53.8 Å². The summed E-state index contributed by atoms with van der Waals surface area (Å²) in [5.41, 5.74) is 4.40. The molecular formula is C20H16N2O2S. The molecule has 4 aromatic rings. The number of carbonyl (C=O) groups is 1.